The van der Waals surface area contributed by atoms with Crippen molar-refractivity contribution in [2.24, 2.45) is 0 Å². The second-order valence-electron chi connectivity index (χ2n) is 9.11. The molecule has 1 N–H and O–H groups in total. The average Bonchev–Trinajstić information content (AvgIpc) is 3.03. The number of hydrogen-bond acceptors (Lipinski definition) is 10. The lowest BCUT2D eigenvalue weighted by molar-refractivity contribution is 0.0592. The molecule has 2 heterocycles. The number of halogens is 1. The summed E-state index contributed by atoms with van der Waals surface area (Å²) >= 11 is 3.32. The zero-order valence-corrected chi connectivity index (χ0v) is 28.2. The molecule has 240 valence electrons. The van der Waals surface area contributed by atoms with Crippen molar-refractivity contribution in [3.8, 4) is 0 Å². The van der Waals surface area contributed by atoms with Gasteiger partial charge >= 0.3 is 11.9 Å². The molecule has 0 spiro atoms. The van der Waals surface area contributed by atoms with E-state index in [-0.39, 0.29) is 12.5 Å². The maximum Gasteiger partial charge on any atom is 0.337 e. The van der Waals surface area contributed by atoms with E-state index >= 15 is 0 Å². The fourth-order valence-corrected chi connectivity index (χ4v) is 5.21. The molecule has 0 aliphatic heterocycles. The van der Waals surface area contributed by atoms with Gasteiger partial charge in [0.05, 0.1) is 68.2 Å². The Morgan fingerprint density at radius 3 is 1.62 bits per heavy atom. The lowest BCUT2D eigenvalue weighted by atomic mass is 10.1. The fraction of sp³-hybridized carbons (Fsp3) is 0.200. The standard InChI is InChI=1S/C15H16N2O4S.C9H9BrO2.C6H8N2O2S/c1-21-15(18)13-7-5-12(6-8-13)11-17(22(2,19)20)14-4-3-9-16-10-14;1-12-9(11)8-4-2-7(6-10)3-5-8;1-11(9,10)8-6-3-2-4-7-5-6/h3-10H,11H2,1-2H3;2-5H,6H2,1H3;2-5,8H,1H3. The van der Waals surface area contributed by atoms with Gasteiger partial charge in [-0.2, -0.15) is 0 Å². The summed E-state index contributed by atoms with van der Waals surface area (Å²) in [5, 5.41) is 0.800. The van der Waals surface area contributed by atoms with E-state index in [4.69, 9.17) is 0 Å². The van der Waals surface area contributed by atoms with Gasteiger partial charge in [0.15, 0.2) is 0 Å². The van der Waals surface area contributed by atoms with E-state index in [1.54, 1.807) is 73.1 Å². The number of ether oxygens (including phenoxy) is 2. The number of sulfonamides is 2. The number of alkyl halides is 1. The van der Waals surface area contributed by atoms with Gasteiger partial charge < -0.3 is 9.47 Å². The third kappa shape index (κ3) is 13.5. The number of carbonyl (C=O) groups excluding carboxylic acids is 2. The van der Waals surface area contributed by atoms with Crippen molar-refractivity contribution in [1.29, 1.82) is 0 Å². The normalized spacial score (nSPS) is 10.6. The summed E-state index contributed by atoms with van der Waals surface area (Å²) in [6, 6.07) is 20.5. The van der Waals surface area contributed by atoms with E-state index in [0.29, 0.717) is 22.5 Å². The highest BCUT2D eigenvalue weighted by atomic mass is 79.9. The number of hydrogen-bond donors (Lipinski definition) is 1. The van der Waals surface area contributed by atoms with E-state index < -0.39 is 26.0 Å². The van der Waals surface area contributed by atoms with Gasteiger partial charge in [-0.3, -0.25) is 19.0 Å². The minimum Gasteiger partial charge on any atom is -0.465 e. The number of benzene rings is 2. The number of rotatable bonds is 9. The van der Waals surface area contributed by atoms with Crippen LogP contribution in [0.3, 0.4) is 0 Å². The lowest BCUT2D eigenvalue weighted by Gasteiger charge is -2.22. The summed E-state index contributed by atoms with van der Waals surface area (Å²) in [7, 11) is -3.93. The average molecular weight is 722 g/mol. The maximum absolute atomic E-state index is 12.0. The van der Waals surface area contributed by atoms with Crippen molar-refractivity contribution >= 4 is 59.3 Å². The van der Waals surface area contributed by atoms with E-state index in [2.05, 4.69) is 40.1 Å². The number of nitrogens with zero attached hydrogens (tertiary/aromatic N) is 3. The van der Waals surface area contributed by atoms with E-state index in [1.807, 2.05) is 12.1 Å². The number of aromatic nitrogens is 2. The second kappa shape index (κ2) is 17.8. The van der Waals surface area contributed by atoms with Gasteiger partial charge in [0.2, 0.25) is 20.0 Å². The van der Waals surface area contributed by atoms with Crippen molar-refractivity contribution in [2.45, 2.75) is 11.9 Å². The highest BCUT2D eigenvalue weighted by molar-refractivity contribution is 9.08. The Morgan fingerprint density at radius 1 is 0.756 bits per heavy atom. The summed E-state index contributed by atoms with van der Waals surface area (Å²) in [6.45, 7) is 0.159. The molecular weight excluding hydrogens is 688 g/mol. The Kier molecular flexibility index (Phi) is 14.6. The van der Waals surface area contributed by atoms with E-state index in [9.17, 15) is 26.4 Å². The number of pyridine rings is 2. The van der Waals surface area contributed by atoms with Crippen molar-refractivity contribution < 1.29 is 35.9 Å². The second-order valence-corrected chi connectivity index (χ2v) is 13.3. The van der Waals surface area contributed by atoms with Crippen LogP contribution in [0.5, 0.6) is 0 Å². The quantitative estimate of drug-likeness (QED) is 0.190. The van der Waals surface area contributed by atoms with Gasteiger partial charge in [0, 0.05) is 17.7 Å². The first kappa shape index (κ1) is 36.8. The molecule has 0 fully saturated rings. The molecule has 0 saturated carbocycles. The zero-order valence-electron chi connectivity index (χ0n) is 25.0. The minimum absolute atomic E-state index is 0.159. The molecule has 12 nitrogen and oxygen atoms in total. The zero-order chi connectivity index (χ0) is 33.5. The van der Waals surface area contributed by atoms with Crippen LogP contribution in [0.25, 0.3) is 0 Å². The van der Waals surface area contributed by atoms with Gasteiger partial charge in [-0.15, -0.1) is 0 Å². The molecule has 0 amide bonds. The van der Waals surface area contributed by atoms with Crippen molar-refractivity contribution in [3.05, 3.63) is 120 Å². The van der Waals surface area contributed by atoms with Crippen LogP contribution in [-0.2, 0) is 41.4 Å². The molecular formula is C30H33BrN4O8S2. The molecule has 4 rings (SSSR count). The molecule has 2 aromatic heterocycles. The van der Waals surface area contributed by atoms with Crippen molar-refractivity contribution in [1.82, 2.24) is 9.97 Å². The molecule has 0 aliphatic rings. The van der Waals surface area contributed by atoms with Gasteiger partial charge in [0.1, 0.15) is 0 Å². The topological polar surface area (TPSA) is 162 Å². The summed E-state index contributed by atoms with van der Waals surface area (Å²) < 4.78 is 58.0. The Bertz CT molecular complexity index is 1720. The molecule has 15 heteroatoms. The summed E-state index contributed by atoms with van der Waals surface area (Å²) in [4.78, 5) is 30.1. The summed E-state index contributed by atoms with van der Waals surface area (Å²) in [6.07, 6.45) is 8.33. The Labute approximate surface area is 271 Å². The first-order valence-electron chi connectivity index (χ1n) is 12.9. The predicted octanol–water partition coefficient (Wildman–Crippen LogP) is 4.66. The number of methoxy groups -OCH3 is 2. The Morgan fingerprint density at radius 2 is 1.24 bits per heavy atom. The molecule has 45 heavy (non-hydrogen) atoms. The largest absolute Gasteiger partial charge is 0.465 e. The van der Waals surface area contributed by atoms with Crippen LogP contribution in [0.2, 0.25) is 0 Å². The van der Waals surface area contributed by atoms with E-state index in [1.165, 1.54) is 30.9 Å². The molecule has 0 radical (unpaired) electrons. The molecule has 2 aromatic carbocycles. The predicted molar refractivity (Wildman–Crippen MR) is 176 cm³/mol. The highest BCUT2D eigenvalue weighted by Gasteiger charge is 2.18. The van der Waals surface area contributed by atoms with Gasteiger partial charge in [0.25, 0.3) is 0 Å². The highest BCUT2D eigenvalue weighted by Crippen LogP contribution is 2.19. The Balaban J connectivity index is 0.000000259. The van der Waals surface area contributed by atoms with Crippen LogP contribution in [-0.4, -0.2) is 65.5 Å². The van der Waals surface area contributed by atoms with Gasteiger partial charge in [-0.25, -0.2) is 26.4 Å². The fourth-order valence-electron chi connectivity index (χ4n) is 3.42. The maximum atomic E-state index is 12.0. The molecule has 0 bridgehead atoms. The number of esters is 2. The van der Waals surface area contributed by atoms with Crippen LogP contribution >= 0.6 is 15.9 Å². The SMILES string of the molecule is COC(=O)c1ccc(CBr)cc1.COC(=O)c1ccc(CN(c2cccnc2)S(C)(=O)=O)cc1.CS(=O)(=O)Nc1cccnc1. The summed E-state index contributed by atoms with van der Waals surface area (Å²) in [5.74, 6) is -0.727. The summed E-state index contributed by atoms with van der Waals surface area (Å²) in [5.41, 5.74) is 3.86. The van der Waals surface area contributed by atoms with Crippen LogP contribution in [0.1, 0.15) is 31.8 Å². The molecule has 4 aromatic rings. The van der Waals surface area contributed by atoms with Crippen molar-refractivity contribution in [3.63, 3.8) is 0 Å². The monoisotopic (exact) mass is 720 g/mol. The first-order valence-corrected chi connectivity index (χ1v) is 17.8. The molecule has 0 atom stereocenters. The van der Waals surface area contributed by atoms with Crippen molar-refractivity contribution in [2.75, 3.05) is 35.8 Å². The van der Waals surface area contributed by atoms with Crippen LogP contribution in [0, 0.1) is 0 Å². The van der Waals surface area contributed by atoms with Gasteiger partial charge in [-0.05, 0) is 59.7 Å². The number of carbonyl (C=O) groups is 2. The lowest BCUT2D eigenvalue weighted by Crippen LogP contribution is -2.29. The first-order chi connectivity index (χ1) is 21.3. The van der Waals surface area contributed by atoms with Crippen LogP contribution < -0.4 is 9.03 Å². The number of anilines is 2. The van der Waals surface area contributed by atoms with Crippen LogP contribution in [0.4, 0.5) is 11.4 Å². The smallest absolute Gasteiger partial charge is 0.337 e. The Hall–Kier alpha value is -4.34. The minimum atomic E-state index is -3.45. The molecule has 0 saturated heterocycles. The molecule has 0 aliphatic carbocycles. The van der Waals surface area contributed by atoms with Gasteiger partial charge in [-0.1, -0.05) is 40.2 Å². The number of nitrogens with one attached hydrogen (secondary N) is 1. The third-order valence-electron chi connectivity index (χ3n) is 5.53. The van der Waals surface area contributed by atoms with Crippen LogP contribution in [0.15, 0.2) is 97.6 Å². The van der Waals surface area contributed by atoms with E-state index in [0.717, 1.165) is 29.0 Å². The third-order valence-corrected chi connectivity index (χ3v) is 7.92. The molecule has 0 unspecified atom stereocenters.